The monoisotopic (exact) mass is 336 g/mol. The van der Waals surface area contributed by atoms with Crippen LogP contribution < -0.4 is 5.32 Å². The van der Waals surface area contributed by atoms with Gasteiger partial charge in [0.25, 0.3) is 0 Å². The van der Waals surface area contributed by atoms with Crippen LogP contribution in [0.3, 0.4) is 0 Å². The summed E-state index contributed by atoms with van der Waals surface area (Å²) in [6.45, 7) is 8.07. The molecule has 2 heteroatoms. The van der Waals surface area contributed by atoms with Gasteiger partial charge in [-0.15, -0.1) is 0 Å². The van der Waals surface area contributed by atoms with Crippen LogP contribution in [0.15, 0.2) is 60.7 Å². The topological polar surface area (TPSA) is 15.3 Å². The van der Waals surface area contributed by atoms with E-state index in [1.807, 2.05) is 0 Å². The van der Waals surface area contributed by atoms with E-state index in [0.29, 0.717) is 11.8 Å². The molecule has 2 aromatic carbocycles. The van der Waals surface area contributed by atoms with E-state index in [1.54, 1.807) is 0 Å². The Morgan fingerprint density at radius 1 is 1.00 bits per heavy atom. The average Bonchev–Trinajstić information content (AvgIpc) is 2.68. The van der Waals surface area contributed by atoms with E-state index in [1.165, 1.54) is 50.0 Å². The summed E-state index contributed by atoms with van der Waals surface area (Å²) in [7, 11) is 0. The summed E-state index contributed by atoms with van der Waals surface area (Å²) in [6.07, 6.45) is 3.89. The molecule has 25 heavy (non-hydrogen) atoms. The fourth-order valence-electron chi connectivity index (χ4n) is 4.04. The quantitative estimate of drug-likeness (QED) is 0.753. The zero-order chi connectivity index (χ0) is 17.3. The first kappa shape index (κ1) is 18.2. The number of hydrogen-bond donors (Lipinski definition) is 1. The van der Waals surface area contributed by atoms with Crippen LogP contribution in [-0.4, -0.2) is 31.1 Å². The van der Waals surface area contributed by atoms with Gasteiger partial charge in [0.1, 0.15) is 0 Å². The van der Waals surface area contributed by atoms with Crippen molar-refractivity contribution in [2.75, 3.05) is 26.2 Å². The second-order valence-corrected chi connectivity index (χ2v) is 7.34. The average molecular weight is 337 g/mol. The maximum Gasteiger partial charge on any atom is 0.0205 e. The molecule has 0 amide bonds. The van der Waals surface area contributed by atoms with Gasteiger partial charge in [0, 0.05) is 19.6 Å². The molecule has 0 aliphatic carbocycles. The molecule has 1 fully saturated rings. The standard InChI is InChI=1S/C23H32N2/c1-2-3-15-25-16-14-23(21-12-8-5-9-13-21)22(19-25)18-24-17-20-10-6-4-7-11-20/h4-13,22-24H,2-3,14-19H2,1H3. The Bertz CT molecular complexity index is 596. The molecule has 2 atom stereocenters. The molecule has 1 aliphatic rings. The number of nitrogens with zero attached hydrogens (tertiary/aromatic N) is 1. The van der Waals surface area contributed by atoms with Gasteiger partial charge in [-0.25, -0.2) is 0 Å². The highest BCUT2D eigenvalue weighted by molar-refractivity contribution is 5.21. The Labute approximate surface area is 153 Å². The maximum absolute atomic E-state index is 3.72. The third kappa shape index (κ3) is 5.42. The Morgan fingerprint density at radius 3 is 2.44 bits per heavy atom. The van der Waals surface area contributed by atoms with Crippen molar-refractivity contribution in [1.82, 2.24) is 10.2 Å². The minimum Gasteiger partial charge on any atom is -0.312 e. The molecule has 1 N–H and O–H groups in total. The van der Waals surface area contributed by atoms with E-state index >= 15 is 0 Å². The Balaban J connectivity index is 1.61. The van der Waals surface area contributed by atoms with Crippen LogP contribution in [0.4, 0.5) is 0 Å². The molecular weight excluding hydrogens is 304 g/mol. The maximum atomic E-state index is 3.72. The molecule has 1 saturated heterocycles. The molecule has 3 rings (SSSR count). The largest absolute Gasteiger partial charge is 0.312 e. The van der Waals surface area contributed by atoms with Gasteiger partial charge in [-0.1, -0.05) is 74.0 Å². The van der Waals surface area contributed by atoms with Crippen LogP contribution in [0.5, 0.6) is 0 Å². The highest BCUT2D eigenvalue weighted by Gasteiger charge is 2.29. The third-order valence-corrected chi connectivity index (χ3v) is 5.45. The lowest BCUT2D eigenvalue weighted by molar-refractivity contribution is 0.149. The van der Waals surface area contributed by atoms with Crippen LogP contribution in [0, 0.1) is 5.92 Å². The summed E-state index contributed by atoms with van der Waals surface area (Å²) in [5, 5.41) is 3.72. The van der Waals surface area contributed by atoms with Gasteiger partial charge in [-0.3, -0.25) is 0 Å². The fourth-order valence-corrected chi connectivity index (χ4v) is 4.04. The first-order valence-electron chi connectivity index (χ1n) is 9.88. The molecule has 0 bridgehead atoms. The van der Waals surface area contributed by atoms with E-state index < -0.39 is 0 Å². The van der Waals surface area contributed by atoms with Crippen molar-refractivity contribution in [3.63, 3.8) is 0 Å². The minimum absolute atomic E-state index is 0.683. The lowest BCUT2D eigenvalue weighted by atomic mass is 9.80. The molecule has 2 nitrogen and oxygen atoms in total. The lowest BCUT2D eigenvalue weighted by Crippen LogP contribution is -2.43. The predicted octanol–water partition coefficient (Wildman–Crippen LogP) is 4.68. The molecule has 1 aliphatic heterocycles. The van der Waals surface area contributed by atoms with E-state index in [4.69, 9.17) is 0 Å². The van der Waals surface area contributed by atoms with Crippen LogP contribution in [0.25, 0.3) is 0 Å². The number of unbranched alkanes of at least 4 members (excludes halogenated alkanes) is 1. The lowest BCUT2D eigenvalue weighted by Gasteiger charge is -2.39. The molecule has 2 aromatic rings. The van der Waals surface area contributed by atoms with E-state index in [9.17, 15) is 0 Å². The number of nitrogens with one attached hydrogen (secondary N) is 1. The second kappa shape index (κ2) is 9.74. The van der Waals surface area contributed by atoms with Crippen LogP contribution in [-0.2, 0) is 6.54 Å². The van der Waals surface area contributed by atoms with Gasteiger partial charge in [-0.2, -0.15) is 0 Å². The number of hydrogen-bond acceptors (Lipinski definition) is 2. The number of benzene rings is 2. The summed E-state index contributed by atoms with van der Waals surface area (Å²) in [6, 6.07) is 21.9. The smallest absolute Gasteiger partial charge is 0.0205 e. The van der Waals surface area contributed by atoms with Crippen LogP contribution >= 0.6 is 0 Å². The number of piperidine rings is 1. The highest BCUT2D eigenvalue weighted by Crippen LogP contribution is 2.32. The highest BCUT2D eigenvalue weighted by atomic mass is 15.1. The summed E-state index contributed by atoms with van der Waals surface area (Å²) in [5.41, 5.74) is 2.89. The van der Waals surface area contributed by atoms with Gasteiger partial charge in [-0.05, 0) is 48.9 Å². The molecule has 0 radical (unpaired) electrons. The second-order valence-electron chi connectivity index (χ2n) is 7.34. The van der Waals surface area contributed by atoms with Gasteiger partial charge in [0.05, 0.1) is 0 Å². The van der Waals surface area contributed by atoms with Crippen molar-refractivity contribution < 1.29 is 0 Å². The van der Waals surface area contributed by atoms with Gasteiger partial charge >= 0.3 is 0 Å². The fraction of sp³-hybridized carbons (Fsp3) is 0.478. The molecule has 0 spiro atoms. The van der Waals surface area contributed by atoms with E-state index in [0.717, 1.165) is 13.1 Å². The molecule has 0 saturated carbocycles. The summed E-state index contributed by atoms with van der Waals surface area (Å²) in [5.74, 6) is 1.37. The first-order chi connectivity index (χ1) is 12.4. The van der Waals surface area contributed by atoms with Crippen molar-refractivity contribution in [1.29, 1.82) is 0 Å². The van der Waals surface area contributed by atoms with Crippen molar-refractivity contribution in [2.24, 2.45) is 5.92 Å². The molecule has 1 heterocycles. The molecule has 134 valence electrons. The first-order valence-corrected chi connectivity index (χ1v) is 9.88. The van der Waals surface area contributed by atoms with Crippen LogP contribution in [0.1, 0.15) is 43.2 Å². The Kier molecular flexibility index (Phi) is 7.08. The number of likely N-dealkylation sites (tertiary alicyclic amines) is 1. The SMILES string of the molecule is CCCCN1CCC(c2ccccc2)C(CNCc2ccccc2)C1. The molecule has 0 aromatic heterocycles. The summed E-state index contributed by atoms with van der Waals surface area (Å²) >= 11 is 0. The van der Waals surface area contributed by atoms with Crippen molar-refractivity contribution in [2.45, 2.75) is 38.6 Å². The number of rotatable bonds is 8. The third-order valence-electron chi connectivity index (χ3n) is 5.45. The molecular formula is C23H32N2. The molecule has 2 unspecified atom stereocenters. The summed E-state index contributed by atoms with van der Waals surface area (Å²) in [4.78, 5) is 2.68. The zero-order valence-electron chi connectivity index (χ0n) is 15.5. The van der Waals surface area contributed by atoms with Gasteiger partial charge < -0.3 is 10.2 Å². The van der Waals surface area contributed by atoms with Gasteiger partial charge in [0.15, 0.2) is 0 Å². The normalized spacial score (nSPS) is 21.3. The van der Waals surface area contributed by atoms with E-state index in [2.05, 4.69) is 77.8 Å². The predicted molar refractivity (Wildman–Crippen MR) is 107 cm³/mol. The minimum atomic E-state index is 0.683. The van der Waals surface area contributed by atoms with Gasteiger partial charge in [0.2, 0.25) is 0 Å². The Hall–Kier alpha value is -1.64. The summed E-state index contributed by atoms with van der Waals surface area (Å²) < 4.78 is 0. The van der Waals surface area contributed by atoms with Crippen molar-refractivity contribution >= 4 is 0 Å². The van der Waals surface area contributed by atoms with Crippen molar-refractivity contribution in [3.8, 4) is 0 Å². The Morgan fingerprint density at radius 2 is 1.72 bits per heavy atom. The van der Waals surface area contributed by atoms with E-state index in [-0.39, 0.29) is 0 Å². The van der Waals surface area contributed by atoms with Crippen molar-refractivity contribution in [3.05, 3.63) is 71.8 Å². The van der Waals surface area contributed by atoms with Crippen LogP contribution in [0.2, 0.25) is 0 Å². The zero-order valence-corrected chi connectivity index (χ0v) is 15.5.